The molecule has 0 aromatic heterocycles. The first-order chi connectivity index (χ1) is 5.33. The summed E-state index contributed by atoms with van der Waals surface area (Å²) in [5.74, 6) is 0. The summed E-state index contributed by atoms with van der Waals surface area (Å²) in [4.78, 5) is 5.09. The molecular formula is C7H12N2O2. The van der Waals surface area contributed by atoms with E-state index in [1.54, 1.807) is 5.06 Å². The Morgan fingerprint density at radius 1 is 1.73 bits per heavy atom. The molecule has 0 saturated carbocycles. The number of nitriles is 1. The Morgan fingerprint density at radius 2 is 2.55 bits per heavy atom. The largest absolute Gasteiger partial charge is 0.389 e. The van der Waals surface area contributed by atoms with Gasteiger partial charge >= 0.3 is 0 Å². The van der Waals surface area contributed by atoms with Crippen LogP contribution in [0.3, 0.4) is 0 Å². The molecule has 0 unspecified atom stereocenters. The third kappa shape index (κ3) is 2.85. The molecular weight excluding hydrogens is 144 g/mol. The summed E-state index contributed by atoms with van der Waals surface area (Å²) in [5, 5.41) is 19.0. The highest BCUT2D eigenvalue weighted by Crippen LogP contribution is 2.05. The fraction of sp³-hybridized carbons (Fsp3) is 0.857. The van der Waals surface area contributed by atoms with Crippen LogP contribution in [0.5, 0.6) is 0 Å². The molecule has 1 rings (SSSR count). The van der Waals surface area contributed by atoms with Crippen molar-refractivity contribution in [2.45, 2.75) is 18.9 Å². The Morgan fingerprint density at radius 3 is 3.09 bits per heavy atom. The average molecular weight is 156 g/mol. The maximum atomic E-state index is 9.02. The van der Waals surface area contributed by atoms with E-state index in [0.717, 1.165) is 13.0 Å². The molecule has 1 fully saturated rings. The van der Waals surface area contributed by atoms with Crippen LogP contribution in [0.25, 0.3) is 0 Å². The summed E-state index contributed by atoms with van der Waals surface area (Å²) in [6.07, 6.45) is 1.01. The third-order valence-electron chi connectivity index (χ3n) is 1.56. The maximum absolute atomic E-state index is 9.02. The van der Waals surface area contributed by atoms with Crippen LogP contribution in [-0.2, 0) is 4.84 Å². The fourth-order valence-electron chi connectivity index (χ4n) is 1.02. The number of rotatable bonds is 3. The highest BCUT2D eigenvalue weighted by Gasteiger charge is 2.20. The second-order valence-corrected chi connectivity index (χ2v) is 2.60. The molecule has 0 aliphatic carbocycles. The normalized spacial score (nSPS) is 25.3. The molecule has 11 heavy (non-hydrogen) atoms. The van der Waals surface area contributed by atoms with Gasteiger partial charge in [0.15, 0.2) is 0 Å². The summed E-state index contributed by atoms with van der Waals surface area (Å²) in [7, 11) is 0. The average Bonchev–Trinajstić information content (AvgIpc) is 2.37. The van der Waals surface area contributed by atoms with Crippen LogP contribution in [0.1, 0.15) is 12.8 Å². The lowest BCUT2D eigenvalue weighted by Gasteiger charge is -2.11. The zero-order chi connectivity index (χ0) is 8.10. The summed E-state index contributed by atoms with van der Waals surface area (Å²) in [6.45, 7) is 1.71. The predicted molar refractivity (Wildman–Crippen MR) is 38.4 cm³/mol. The minimum absolute atomic E-state index is 0.350. The smallest absolute Gasteiger partial charge is 0.0958 e. The minimum atomic E-state index is -0.350. The molecule has 0 radical (unpaired) electrons. The summed E-state index contributed by atoms with van der Waals surface area (Å²) in [5.41, 5.74) is 0. The van der Waals surface area contributed by atoms with Gasteiger partial charge in [-0.3, -0.25) is 4.84 Å². The number of hydrogen-bond acceptors (Lipinski definition) is 4. The molecule has 4 nitrogen and oxygen atoms in total. The summed E-state index contributed by atoms with van der Waals surface area (Å²) < 4.78 is 0. The Hall–Kier alpha value is -0.630. The highest BCUT2D eigenvalue weighted by molar-refractivity contribution is 4.70. The molecule has 0 aromatic carbocycles. The van der Waals surface area contributed by atoms with Gasteiger partial charge in [-0.2, -0.15) is 10.3 Å². The van der Waals surface area contributed by atoms with Crippen LogP contribution in [0.15, 0.2) is 0 Å². The number of β-amino-alcohol motifs (C(OH)–C–C–N with tert-alkyl or cyclic N) is 1. The van der Waals surface area contributed by atoms with Gasteiger partial charge in [-0.05, 0) is 6.42 Å². The van der Waals surface area contributed by atoms with Crippen LogP contribution in [0.2, 0.25) is 0 Å². The number of aliphatic hydroxyl groups is 1. The fourth-order valence-corrected chi connectivity index (χ4v) is 1.02. The Balaban J connectivity index is 2.05. The number of hydrogen-bond donors (Lipinski definition) is 1. The molecule has 1 aliphatic heterocycles. The quantitative estimate of drug-likeness (QED) is 0.580. The van der Waals surface area contributed by atoms with Crippen molar-refractivity contribution >= 4 is 0 Å². The van der Waals surface area contributed by atoms with Crippen LogP contribution in [0.4, 0.5) is 0 Å². The van der Waals surface area contributed by atoms with Gasteiger partial charge in [-0.15, -0.1) is 0 Å². The van der Waals surface area contributed by atoms with Crippen LogP contribution < -0.4 is 0 Å². The molecule has 1 heterocycles. The monoisotopic (exact) mass is 156 g/mol. The first-order valence-electron chi connectivity index (χ1n) is 3.76. The summed E-state index contributed by atoms with van der Waals surface area (Å²) in [6, 6.07) is 2.06. The molecule has 1 saturated heterocycles. The molecule has 0 aromatic rings. The SMILES string of the molecule is N#CCCCN1C[C@@H](O)CO1. The van der Waals surface area contributed by atoms with Crippen LogP contribution >= 0.6 is 0 Å². The van der Waals surface area contributed by atoms with E-state index in [2.05, 4.69) is 6.07 Å². The lowest BCUT2D eigenvalue weighted by atomic mass is 10.3. The Kier molecular flexibility index (Phi) is 3.30. The number of aliphatic hydroxyl groups excluding tert-OH is 1. The van der Waals surface area contributed by atoms with Gasteiger partial charge in [0.05, 0.1) is 25.3 Å². The second kappa shape index (κ2) is 4.29. The van der Waals surface area contributed by atoms with Gasteiger partial charge in [-0.1, -0.05) is 0 Å². The summed E-state index contributed by atoms with van der Waals surface area (Å²) >= 11 is 0. The van der Waals surface area contributed by atoms with Gasteiger partial charge in [0.1, 0.15) is 0 Å². The van der Waals surface area contributed by atoms with E-state index in [1.165, 1.54) is 0 Å². The Bertz CT molecular complexity index is 155. The first kappa shape index (κ1) is 8.47. The van der Waals surface area contributed by atoms with E-state index in [0.29, 0.717) is 19.6 Å². The first-order valence-corrected chi connectivity index (χ1v) is 3.76. The molecule has 0 bridgehead atoms. The van der Waals surface area contributed by atoms with E-state index in [4.69, 9.17) is 15.2 Å². The standard InChI is InChI=1S/C7H12N2O2/c8-3-1-2-4-9-5-7(10)6-11-9/h7,10H,1-2,4-6H2/t7-/m1/s1. The van der Waals surface area contributed by atoms with Gasteiger partial charge in [0, 0.05) is 13.0 Å². The van der Waals surface area contributed by atoms with E-state index in [1.807, 2.05) is 0 Å². The molecule has 0 spiro atoms. The number of unbranched alkanes of at least 4 members (excludes halogenated alkanes) is 1. The number of nitrogens with zero attached hydrogens (tertiary/aromatic N) is 2. The predicted octanol–water partition coefficient (Wildman–Crippen LogP) is -0.102. The topological polar surface area (TPSA) is 56.5 Å². The van der Waals surface area contributed by atoms with Crippen molar-refractivity contribution in [3.05, 3.63) is 0 Å². The van der Waals surface area contributed by atoms with E-state index >= 15 is 0 Å². The Labute approximate surface area is 65.9 Å². The van der Waals surface area contributed by atoms with Gasteiger partial charge < -0.3 is 5.11 Å². The zero-order valence-electron chi connectivity index (χ0n) is 6.36. The molecule has 0 amide bonds. The van der Waals surface area contributed by atoms with Gasteiger partial charge in [0.25, 0.3) is 0 Å². The van der Waals surface area contributed by atoms with Crippen molar-refractivity contribution < 1.29 is 9.94 Å². The highest BCUT2D eigenvalue weighted by atomic mass is 16.7. The van der Waals surface area contributed by atoms with Crippen molar-refractivity contribution in [1.29, 1.82) is 5.26 Å². The van der Waals surface area contributed by atoms with Gasteiger partial charge in [-0.25, -0.2) is 0 Å². The molecule has 1 atom stereocenters. The van der Waals surface area contributed by atoms with Crippen molar-refractivity contribution in [1.82, 2.24) is 5.06 Å². The number of hydroxylamine groups is 2. The van der Waals surface area contributed by atoms with Gasteiger partial charge in [0.2, 0.25) is 0 Å². The van der Waals surface area contributed by atoms with E-state index in [-0.39, 0.29) is 6.10 Å². The third-order valence-corrected chi connectivity index (χ3v) is 1.56. The second-order valence-electron chi connectivity index (χ2n) is 2.60. The molecule has 4 heteroatoms. The van der Waals surface area contributed by atoms with Crippen molar-refractivity contribution in [2.75, 3.05) is 19.7 Å². The zero-order valence-corrected chi connectivity index (χ0v) is 6.36. The molecule has 1 N–H and O–H groups in total. The van der Waals surface area contributed by atoms with Crippen molar-refractivity contribution in [3.63, 3.8) is 0 Å². The van der Waals surface area contributed by atoms with Crippen molar-refractivity contribution in [3.8, 4) is 6.07 Å². The lowest BCUT2D eigenvalue weighted by molar-refractivity contribution is -0.110. The molecule has 62 valence electrons. The molecule has 1 aliphatic rings. The van der Waals surface area contributed by atoms with E-state index < -0.39 is 0 Å². The van der Waals surface area contributed by atoms with Crippen LogP contribution in [0, 0.1) is 11.3 Å². The maximum Gasteiger partial charge on any atom is 0.0958 e. The minimum Gasteiger partial charge on any atom is -0.389 e. The lowest BCUT2D eigenvalue weighted by Crippen LogP contribution is -2.21. The van der Waals surface area contributed by atoms with Crippen molar-refractivity contribution in [2.24, 2.45) is 0 Å². The van der Waals surface area contributed by atoms with Crippen LogP contribution in [-0.4, -0.2) is 36.0 Å². The van der Waals surface area contributed by atoms with E-state index in [9.17, 15) is 0 Å².